The lowest BCUT2D eigenvalue weighted by molar-refractivity contribution is 0.996. The molecule has 0 aliphatic rings. The summed E-state index contributed by atoms with van der Waals surface area (Å²) < 4.78 is 4.72. The molecule has 4 nitrogen and oxygen atoms in total. The number of fused-ring (bicyclic) bond motifs is 5. The van der Waals surface area contributed by atoms with Gasteiger partial charge in [-0.3, -0.25) is 4.57 Å². The SMILES string of the molecule is c1ccc(-c2cc(-c3ccccc3)nc(-n3c4cccc5c6cccc7c8ccccc8n(c8cccc3c8c54)c67)n2)cc1. The maximum absolute atomic E-state index is 5.24. The highest BCUT2D eigenvalue weighted by Crippen LogP contribution is 2.43. The van der Waals surface area contributed by atoms with Crippen molar-refractivity contribution in [3.63, 3.8) is 0 Å². The summed E-state index contributed by atoms with van der Waals surface area (Å²) in [7, 11) is 0. The first-order valence-electron chi connectivity index (χ1n) is 14.9. The zero-order chi connectivity index (χ0) is 28.8. The van der Waals surface area contributed by atoms with Gasteiger partial charge in [0.25, 0.3) is 0 Å². The molecule has 0 spiro atoms. The van der Waals surface area contributed by atoms with Crippen LogP contribution in [0.2, 0.25) is 0 Å². The summed E-state index contributed by atoms with van der Waals surface area (Å²) in [5.41, 5.74) is 9.75. The van der Waals surface area contributed by atoms with Gasteiger partial charge in [0.1, 0.15) is 0 Å². The van der Waals surface area contributed by atoms with E-state index in [-0.39, 0.29) is 0 Å². The highest BCUT2D eigenvalue weighted by molar-refractivity contribution is 6.31. The second-order valence-corrected chi connectivity index (χ2v) is 11.4. The largest absolute Gasteiger partial charge is 0.308 e. The van der Waals surface area contributed by atoms with Crippen molar-refractivity contribution >= 4 is 59.9 Å². The Kier molecular flexibility index (Phi) is 4.69. The molecular weight excluding hydrogens is 536 g/mol. The minimum atomic E-state index is 0.663. The Hall–Kier alpha value is -6.00. The molecule has 0 saturated heterocycles. The van der Waals surface area contributed by atoms with Gasteiger partial charge in [-0.1, -0.05) is 115 Å². The van der Waals surface area contributed by atoms with Crippen LogP contribution in [-0.4, -0.2) is 18.9 Å². The summed E-state index contributed by atoms with van der Waals surface area (Å²) in [5.74, 6) is 0.663. The van der Waals surface area contributed by atoms with Crippen molar-refractivity contribution in [2.75, 3.05) is 0 Å². The van der Waals surface area contributed by atoms with E-state index >= 15 is 0 Å². The van der Waals surface area contributed by atoms with E-state index in [9.17, 15) is 0 Å². The molecule has 204 valence electrons. The molecule has 44 heavy (non-hydrogen) atoms. The molecular formula is C40H24N4. The predicted octanol–water partition coefficient (Wildman–Crippen LogP) is 10.1. The van der Waals surface area contributed by atoms with Crippen LogP contribution in [0.4, 0.5) is 0 Å². The molecule has 0 aliphatic carbocycles. The third-order valence-corrected chi connectivity index (χ3v) is 9.07. The molecule has 4 heteroatoms. The van der Waals surface area contributed by atoms with E-state index in [1.807, 2.05) is 12.1 Å². The highest BCUT2D eigenvalue weighted by Gasteiger charge is 2.23. The average molecular weight is 561 g/mol. The van der Waals surface area contributed by atoms with E-state index < -0.39 is 0 Å². The van der Waals surface area contributed by atoms with Gasteiger partial charge in [0.05, 0.1) is 39.0 Å². The maximum Gasteiger partial charge on any atom is 0.235 e. The average Bonchev–Trinajstić information content (AvgIpc) is 3.58. The molecule has 0 unspecified atom stereocenters. The van der Waals surface area contributed by atoms with Gasteiger partial charge in [-0.25, -0.2) is 9.97 Å². The summed E-state index contributed by atoms with van der Waals surface area (Å²) in [5, 5.41) is 7.46. The smallest absolute Gasteiger partial charge is 0.235 e. The van der Waals surface area contributed by atoms with Crippen LogP contribution in [0, 0.1) is 0 Å². The minimum Gasteiger partial charge on any atom is -0.308 e. The molecule has 4 heterocycles. The van der Waals surface area contributed by atoms with Crippen molar-refractivity contribution in [1.29, 1.82) is 0 Å². The van der Waals surface area contributed by atoms with Gasteiger partial charge in [-0.05, 0) is 35.7 Å². The number of nitrogens with zero attached hydrogens (tertiary/aromatic N) is 4. The summed E-state index contributed by atoms with van der Waals surface area (Å²) in [6.07, 6.45) is 0. The van der Waals surface area contributed by atoms with Crippen molar-refractivity contribution in [2.45, 2.75) is 0 Å². The topological polar surface area (TPSA) is 35.1 Å². The van der Waals surface area contributed by atoms with Gasteiger partial charge >= 0.3 is 0 Å². The fourth-order valence-corrected chi connectivity index (χ4v) is 7.25. The lowest BCUT2D eigenvalue weighted by Gasteiger charge is -2.12. The van der Waals surface area contributed by atoms with Crippen molar-refractivity contribution < 1.29 is 0 Å². The molecule has 10 aromatic rings. The molecule has 10 rings (SSSR count). The second kappa shape index (κ2) is 8.76. The molecule has 0 amide bonds. The fourth-order valence-electron chi connectivity index (χ4n) is 7.25. The van der Waals surface area contributed by atoms with Crippen molar-refractivity contribution in [3.05, 3.63) is 146 Å². The predicted molar refractivity (Wildman–Crippen MR) is 182 cm³/mol. The van der Waals surface area contributed by atoms with Gasteiger partial charge < -0.3 is 4.40 Å². The second-order valence-electron chi connectivity index (χ2n) is 11.4. The summed E-state index contributed by atoms with van der Waals surface area (Å²) >= 11 is 0. The Labute approximate surface area is 252 Å². The molecule has 0 saturated carbocycles. The molecule has 0 bridgehead atoms. The van der Waals surface area contributed by atoms with Gasteiger partial charge in [0.15, 0.2) is 0 Å². The van der Waals surface area contributed by atoms with E-state index in [2.05, 4.69) is 142 Å². The fraction of sp³-hybridized carbons (Fsp3) is 0. The first kappa shape index (κ1) is 23.6. The Balaban J connectivity index is 1.41. The Morgan fingerprint density at radius 2 is 0.886 bits per heavy atom. The molecule has 6 aromatic carbocycles. The zero-order valence-corrected chi connectivity index (χ0v) is 23.6. The summed E-state index contributed by atoms with van der Waals surface area (Å²) in [6, 6.07) is 51.6. The minimum absolute atomic E-state index is 0.663. The number of rotatable bonds is 3. The first-order chi connectivity index (χ1) is 21.8. The van der Waals surface area contributed by atoms with Crippen molar-refractivity contribution in [1.82, 2.24) is 18.9 Å². The van der Waals surface area contributed by atoms with Crippen LogP contribution < -0.4 is 0 Å². The monoisotopic (exact) mass is 560 g/mol. The summed E-state index contributed by atoms with van der Waals surface area (Å²) in [6.45, 7) is 0. The summed E-state index contributed by atoms with van der Waals surface area (Å²) in [4.78, 5) is 10.5. The number of aromatic nitrogens is 4. The Morgan fingerprint density at radius 3 is 1.61 bits per heavy atom. The molecule has 0 atom stereocenters. The van der Waals surface area contributed by atoms with Crippen LogP contribution in [0.25, 0.3) is 88.4 Å². The first-order valence-corrected chi connectivity index (χ1v) is 14.9. The standard InChI is InChI=1S/C40H24N4/c1-3-12-25(13-4-1)31-24-32(26-14-5-2-6-15-26)42-40(41-31)44-34-21-10-17-28-30-19-9-18-29-27-16-7-8-20-33(27)43(39(29)30)35-22-11-23-36(44)38(35)37(28)34/h1-24H. The number of hydrogen-bond donors (Lipinski definition) is 0. The van der Waals surface area contributed by atoms with Crippen LogP contribution in [0.3, 0.4) is 0 Å². The lowest BCUT2D eigenvalue weighted by atomic mass is 10.0. The number of para-hydroxylation sites is 2. The molecule has 0 radical (unpaired) electrons. The van der Waals surface area contributed by atoms with Crippen LogP contribution >= 0.6 is 0 Å². The Morgan fingerprint density at radius 1 is 0.386 bits per heavy atom. The van der Waals surface area contributed by atoms with E-state index in [4.69, 9.17) is 9.97 Å². The van der Waals surface area contributed by atoms with E-state index in [0.29, 0.717) is 5.95 Å². The maximum atomic E-state index is 5.24. The van der Waals surface area contributed by atoms with Gasteiger partial charge in [0, 0.05) is 38.1 Å². The van der Waals surface area contributed by atoms with E-state index in [0.717, 1.165) is 33.5 Å². The molecule has 0 N–H and O–H groups in total. The Bertz CT molecular complexity index is 2640. The van der Waals surface area contributed by atoms with Crippen LogP contribution in [-0.2, 0) is 0 Å². The van der Waals surface area contributed by atoms with Crippen molar-refractivity contribution in [2.24, 2.45) is 0 Å². The van der Waals surface area contributed by atoms with Gasteiger partial charge in [0.2, 0.25) is 5.95 Å². The molecule has 0 aliphatic heterocycles. The third kappa shape index (κ3) is 3.11. The quantitative estimate of drug-likeness (QED) is 0.215. The van der Waals surface area contributed by atoms with E-state index in [1.54, 1.807) is 0 Å². The van der Waals surface area contributed by atoms with Gasteiger partial charge in [-0.15, -0.1) is 0 Å². The molecule has 4 aromatic heterocycles. The normalized spacial score (nSPS) is 12.1. The van der Waals surface area contributed by atoms with Crippen LogP contribution in [0.5, 0.6) is 0 Å². The van der Waals surface area contributed by atoms with Crippen molar-refractivity contribution in [3.8, 4) is 28.5 Å². The number of hydrogen-bond acceptors (Lipinski definition) is 2. The van der Waals surface area contributed by atoms with Gasteiger partial charge in [-0.2, -0.15) is 0 Å². The van der Waals surface area contributed by atoms with Crippen LogP contribution in [0.15, 0.2) is 146 Å². The zero-order valence-electron chi connectivity index (χ0n) is 23.6. The van der Waals surface area contributed by atoms with Crippen LogP contribution in [0.1, 0.15) is 0 Å². The number of benzene rings is 6. The highest BCUT2D eigenvalue weighted by atomic mass is 15.2. The molecule has 0 fully saturated rings. The third-order valence-electron chi connectivity index (χ3n) is 9.07. The lowest BCUT2D eigenvalue weighted by Crippen LogP contribution is -2.04. The van der Waals surface area contributed by atoms with E-state index in [1.165, 1.54) is 48.9 Å².